The fourth-order valence-electron chi connectivity index (χ4n) is 2.24. The summed E-state index contributed by atoms with van der Waals surface area (Å²) in [6.45, 7) is 0.943. The van der Waals surface area contributed by atoms with Crippen LogP contribution in [0, 0.1) is 0 Å². The molecule has 92 valence electrons. The molecule has 2 aromatic rings. The van der Waals surface area contributed by atoms with Crippen LogP contribution in [-0.2, 0) is 5.41 Å². The first-order chi connectivity index (χ1) is 8.84. The van der Waals surface area contributed by atoms with Gasteiger partial charge in [-0.3, -0.25) is 4.98 Å². The molecule has 0 aliphatic heterocycles. The fraction of sp³-hybridized carbons (Fsp3) is 0.357. The Bertz CT molecular complexity index is 535. The summed E-state index contributed by atoms with van der Waals surface area (Å²) in [6, 6.07) is 7.78. The molecule has 18 heavy (non-hydrogen) atoms. The smallest absolute Gasteiger partial charge is 0.136 e. The summed E-state index contributed by atoms with van der Waals surface area (Å²) in [5, 5.41) is 3.23. The number of nitrogens with zero attached hydrogens (tertiary/aromatic N) is 3. The lowest BCUT2D eigenvalue weighted by atomic mass is 10.1. The van der Waals surface area contributed by atoms with Crippen LogP contribution in [0.5, 0.6) is 0 Å². The summed E-state index contributed by atoms with van der Waals surface area (Å²) < 4.78 is 0. The van der Waals surface area contributed by atoms with Crippen molar-refractivity contribution in [2.24, 2.45) is 0 Å². The molecule has 0 spiro atoms. The molecule has 0 aromatic carbocycles. The van der Waals surface area contributed by atoms with Gasteiger partial charge in [-0.05, 0) is 38.1 Å². The van der Waals surface area contributed by atoms with E-state index in [9.17, 15) is 0 Å². The van der Waals surface area contributed by atoms with Crippen molar-refractivity contribution in [3.63, 3.8) is 0 Å². The maximum absolute atomic E-state index is 4.68. The lowest BCUT2D eigenvalue weighted by Gasteiger charge is -2.13. The van der Waals surface area contributed by atoms with Gasteiger partial charge in [-0.25, -0.2) is 9.97 Å². The molecule has 0 bridgehead atoms. The van der Waals surface area contributed by atoms with Crippen LogP contribution >= 0.6 is 0 Å². The molecule has 2 aromatic heterocycles. The van der Waals surface area contributed by atoms with Crippen LogP contribution in [0.4, 0.5) is 0 Å². The van der Waals surface area contributed by atoms with Gasteiger partial charge in [0.05, 0.1) is 11.4 Å². The monoisotopic (exact) mass is 240 g/mol. The van der Waals surface area contributed by atoms with Crippen LogP contribution in [0.15, 0.2) is 36.7 Å². The van der Waals surface area contributed by atoms with Gasteiger partial charge >= 0.3 is 0 Å². The summed E-state index contributed by atoms with van der Waals surface area (Å²) in [5.41, 5.74) is 1.96. The number of aromatic nitrogens is 3. The van der Waals surface area contributed by atoms with Gasteiger partial charge in [0.15, 0.2) is 0 Å². The van der Waals surface area contributed by atoms with Crippen molar-refractivity contribution in [2.45, 2.75) is 18.3 Å². The van der Waals surface area contributed by atoms with E-state index in [0.717, 1.165) is 23.8 Å². The molecule has 3 rings (SSSR count). The van der Waals surface area contributed by atoms with E-state index in [1.54, 1.807) is 6.20 Å². The summed E-state index contributed by atoms with van der Waals surface area (Å²) >= 11 is 0. The van der Waals surface area contributed by atoms with Gasteiger partial charge in [0.2, 0.25) is 0 Å². The minimum atomic E-state index is 0.152. The second-order valence-electron chi connectivity index (χ2n) is 4.79. The third-order valence-electron chi connectivity index (χ3n) is 3.43. The van der Waals surface area contributed by atoms with Gasteiger partial charge in [-0.2, -0.15) is 0 Å². The first-order valence-electron chi connectivity index (χ1n) is 6.24. The predicted molar refractivity (Wildman–Crippen MR) is 70.1 cm³/mol. The van der Waals surface area contributed by atoms with Crippen molar-refractivity contribution >= 4 is 0 Å². The maximum atomic E-state index is 4.68. The average Bonchev–Trinajstić information content (AvgIpc) is 3.21. The Labute approximate surface area is 107 Å². The number of rotatable bonds is 4. The molecular formula is C14H16N4. The van der Waals surface area contributed by atoms with Gasteiger partial charge < -0.3 is 5.32 Å². The molecule has 0 amide bonds. The van der Waals surface area contributed by atoms with Gasteiger partial charge in [-0.1, -0.05) is 6.07 Å². The minimum absolute atomic E-state index is 0.152. The highest BCUT2D eigenvalue weighted by atomic mass is 15.0. The largest absolute Gasteiger partial charge is 0.319 e. The van der Waals surface area contributed by atoms with Crippen molar-refractivity contribution in [2.75, 3.05) is 13.6 Å². The Balaban J connectivity index is 1.95. The second kappa shape index (κ2) is 4.46. The number of hydrogen-bond acceptors (Lipinski definition) is 4. The number of pyridine rings is 1. The van der Waals surface area contributed by atoms with Gasteiger partial charge in [0.25, 0.3) is 0 Å². The zero-order valence-corrected chi connectivity index (χ0v) is 10.4. The Hall–Kier alpha value is -1.81. The first kappa shape index (κ1) is 11.3. The fourth-order valence-corrected chi connectivity index (χ4v) is 2.24. The third kappa shape index (κ3) is 1.99. The second-order valence-corrected chi connectivity index (χ2v) is 4.79. The normalized spacial score (nSPS) is 16.5. The van der Waals surface area contributed by atoms with E-state index in [2.05, 4.69) is 20.3 Å². The van der Waals surface area contributed by atoms with Gasteiger partial charge in [0.1, 0.15) is 5.82 Å². The third-order valence-corrected chi connectivity index (χ3v) is 3.43. The standard InChI is InChI=1S/C14H16N4/c1-15-10-14(6-7-14)13-17-9-5-12(18-13)11-4-2-3-8-16-11/h2-5,8-9,15H,6-7,10H2,1H3. The van der Waals surface area contributed by atoms with Crippen molar-refractivity contribution < 1.29 is 0 Å². The highest BCUT2D eigenvalue weighted by molar-refractivity contribution is 5.53. The topological polar surface area (TPSA) is 50.7 Å². The highest BCUT2D eigenvalue weighted by Gasteiger charge is 2.46. The Morgan fingerprint density at radius 2 is 2.00 bits per heavy atom. The van der Waals surface area contributed by atoms with Gasteiger partial charge in [-0.15, -0.1) is 0 Å². The quantitative estimate of drug-likeness (QED) is 0.885. The van der Waals surface area contributed by atoms with Crippen LogP contribution in [0.2, 0.25) is 0 Å². The van der Waals surface area contributed by atoms with E-state index in [1.807, 2.05) is 37.5 Å². The molecule has 1 saturated carbocycles. The first-order valence-corrected chi connectivity index (χ1v) is 6.24. The van der Waals surface area contributed by atoms with Crippen molar-refractivity contribution in [3.8, 4) is 11.4 Å². The van der Waals surface area contributed by atoms with Crippen LogP contribution in [0.3, 0.4) is 0 Å². The molecule has 1 N–H and O–H groups in total. The van der Waals surface area contributed by atoms with Crippen molar-refractivity contribution in [1.82, 2.24) is 20.3 Å². The molecular weight excluding hydrogens is 224 g/mol. The number of likely N-dealkylation sites (N-methyl/N-ethyl adjacent to an activating group) is 1. The lowest BCUT2D eigenvalue weighted by Crippen LogP contribution is -2.25. The molecule has 2 heterocycles. The molecule has 1 aliphatic carbocycles. The van der Waals surface area contributed by atoms with E-state index < -0.39 is 0 Å². The van der Waals surface area contributed by atoms with E-state index >= 15 is 0 Å². The van der Waals surface area contributed by atoms with Crippen LogP contribution in [0.25, 0.3) is 11.4 Å². The molecule has 1 aliphatic rings. The van der Waals surface area contributed by atoms with Crippen LogP contribution < -0.4 is 5.32 Å². The van der Waals surface area contributed by atoms with Crippen molar-refractivity contribution in [3.05, 3.63) is 42.5 Å². The SMILES string of the molecule is CNCC1(c2nccc(-c3ccccn3)n2)CC1. The molecule has 4 nitrogen and oxygen atoms in total. The number of nitrogens with one attached hydrogen (secondary N) is 1. The summed E-state index contributed by atoms with van der Waals surface area (Å²) in [5.74, 6) is 0.944. The molecule has 1 fully saturated rings. The summed E-state index contributed by atoms with van der Waals surface area (Å²) in [4.78, 5) is 13.5. The van der Waals surface area contributed by atoms with Crippen molar-refractivity contribution in [1.29, 1.82) is 0 Å². The summed E-state index contributed by atoms with van der Waals surface area (Å²) in [7, 11) is 1.97. The van der Waals surface area contributed by atoms with E-state index in [1.165, 1.54) is 12.8 Å². The summed E-state index contributed by atoms with van der Waals surface area (Å²) in [6.07, 6.45) is 5.96. The van der Waals surface area contributed by atoms with Gasteiger partial charge in [0, 0.05) is 24.4 Å². The number of hydrogen-bond donors (Lipinski definition) is 1. The van der Waals surface area contributed by atoms with Crippen LogP contribution in [0.1, 0.15) is 18.7 Å². The van der Waals surface area contributed by atoms with E-state index in [0.29, 0.717) is 0 Å². The van der Waals surface area contributed by atoms with Crippen LogP contribution in [-0.4, -0.2) is 28.5 Å². The molecule has 4 heteroatoms. The molecule has 0 radical (unpaired) electrons. The maximum Gasteiger partial charge on any atom is 0.136 e. The predicted octanol–water partition coefficient (Wildman–Crippen LogP) is 1.79. The zero-order valence-electron chi connectivity index (χ0n) is 10.4. The Morgan fingerprint density at radius 1 is 1.11 bits per heavy atom. The molecule has 0 unspecified atom stereocenters. The highest BCUT2D eigenvalue weighted by Crippen LogP contribution is 2.46. The average molecular weight is 240 g/mol. The lowest BCUT2D eigenvalue weighted by molar-refractivity contribution is 0.588. The Morgan fingerprint density at radius 3 is 2.67 bits per heavy atom. The zero-order chi connectivity index (χ0) is 12.4. The van der Waals surface area contributed by atoms with E-state index in [4.69, 9.17) is 0 Å². The Kier molecular flexibility index (Phi) is 2.80. The molecule has 0 atom stereocenters. The van der Waals surface area contributed by atoms with E-state index in [-0.39, 0.29) is 5.41 Å². The minimum Gasteiger partial charge on any atom is -0.319 e. The molecule has 0 saturated heterocycles.